The van der Waals surface area contributed by atoms with Crippen LogP contribution in [0, 0.1) is 11.7 Å². The molecule has 0 saturated carbocycles. The first-order chi connectivity index (χ1) is 13.9. The smallest absolute Gasteiger partial charge is 0.261 e. The molecule has 0 spiro atoms. The van der Waals surface area contributed by atoms with Crippen LogP contribution in [0.3, 0.4) is 0 Å². The van der Waals surface area contributed by atoms with Crippen LogP contribution >= 0.6 is 0 Å². The lowest BCUT2D eigenvalue weighted by atomic mass is 10.1. The molecule has 2 rings (SSSR count). The summed E-state index contributed by atoms with van der Waals surface area (Å²) in [5, 5.41) is 2.88. The summed E-state index contributed by atoms with van der Waals surface area (Å²) in [5.74, 6) is -0.135. The molecule has 0 aliphatic rings. The number of hydrogen-bond donors (Lipinski definition) is 1. The topological polar surface area (TPSA) is 58.6 Å². The zero-order chi connectivity index (χ0) is 21.2. The van der Waals surface area contributed by atoms with E-state index in [1.54, 1.807) is 6.92 Å². The minimum absolute atomic E-state index is 0.193. The van der Waals surface area contributed by atoms with Gasteiger partial charge in [0.15, 0.2) is 6.61 Å². The number of rotatable bonds is 10. The van der Waals surface area contributed by atoms with Crippen LogP contribution in [0.5, 0.6) is 5.75 Å². The first kappa shape index (κ1) is 22.4. The molecule has 0 aliphatic heterocycles. The number of ether oxygens (including phenoxy) is 1. The summed E-state index contributed by atoms with van der Waals surface area (Å²) in [6, 6.07) is 14.7. The molecule has 0 aliphatic carbocycles. The Kier molecular flexibility index (Phi) is 8.65. The first-order valence-corrected chi connectivity index (χ1v) is 9.86. The largest absolute Gasteiger partial charge is 0.484 e. The molecule has 0 saturated heterocycles. The molecule has 2 aromatic rings. The average molecular weight is 400 g/mol. The Hall–Kier alpha value is -2.89. The summed E-state index contributed by atoms with van der Waals surface area (Å²) in [7, 11) is 0. The predicted molar refractivity (Wildman–Crippen MR) is 111 cm³/mol. The Labute approximate surface area is 171 Å². The van der Waals surface area contributed by atoms with Crippen LogP contribution < -0.4 is 10.1 Å². The van der Waals surface area contributed by atoms with E-state index in [0.717, 1.165) is 5.56 Å². The zero-order valence-corrected chi connectivity index (χ0v) is 17.2. The number of hydrogen-bond acceptors (Lipinski definition) is 3. The molecule has 0 unspecified atom stereocenters. The van der Waals surface area contributed by atoms with Gasteiger partial charge in [0.2, 0.25) is 5.91 Å². The third kappa shape index (κ3) is 7.56. The third-order valence-corrected chi connectivity index (χ3v) is 4.51. The van der Waals surface area contributed by atoms with Crippen LogP contribution in [0.15, 0.2) is 54.6 Å². The maximum Gasteiger partial charge on any atom is 0.261 e. The van der Waals surface area contributed by atoms with Crippen molar-refractivity contribution in [1.82, 2.24) is 10.2 Å². The molecule has 2 aromatic carbocycles. The van der Waals surface area contributed by atoms with Crippen molar-refractivity contribution in [1.29, 1.82) is 0 Å². The van der Waals surface area contributed by atoms with E-state index in [-0.39, 0.29) is 24.2 Å². The van der Waals surface area contributed by atoms with Crippen molar-refractivity contribution in [3.63, 3.8) is 0 Å². The molecule has 1 N–H and O–H groups in total. The standard InChI is InChI=1S/C23H29FN2O3/c1-17(2)15-25-23(28)18(3)26(14-13-19-7-5-4-6-8-19)22(27)16-29-21-11-9-20(24)10-12-21/h4-12,17-18H,13-16H2,1-3H3,(H,25,28)/t18-/m0/s1. The lowest BCUT2D eigenvalue weighted by Gasteiger charge is -2.29. The van der Waals surface area contributed by atoms with E-state index in [0.29, 0.717) is 31.2 Å². The van der Waals surface area contributed by atoms with Crippen LogP contribution in [-0.4, -0.2) is 42.5 Å². The van der Waals surface area contributed by atoms with Gasteiger partial charge in [0.05, 0.1) is 0 Å². The summed E-state index contributed by atoms with van der Waals surface area (Å²) < 4.78 is 18.5. The lowest BCUT2D eigenvalue weighted by molar-refractivity contribution is -0.141. The van der Waals surface area contributed by atoms with E-state index in [4.69, 9.17) is 4.74 Å². The molecule has 1 atom stereocenters. The molecule has 6 heteroatoms. The number of amides is 2. The maximum atomic E-state index is 13.0. The van der Waals surface area contributed by atoms with Gasteiger partial charge in [0.1, 0.15) is 17.6 Å². The number of carbonyl (C=O) groups is 2. The summed E-state index contributed by atoms with van der Waals surface area (Å²) in [6.45, 7) is 6.47. The van der Waals surface area contributed by atoms with Crippen LogP contribution in [-0.2, 0) is 16.0 Å². The van der Waals surface area contributed by atoms with Gasteiger partial charge in [-0.1, -0.05) is 44.2 Å². The van der Waals surface area contributed by atoms with Gasteiger partial charge in [-0.15, -0.1) is 0 Å². The number of benzene rings is 2. The fraction of sp³-hybridized carbons (Fsp3) is 0.391. The Morgan fingerprint density at radius 2 is 1.69 bits per heavy atom. The van der Waals surface area contributed by atoms with E-state index in [1.807, 2.05) is 44.2 Å². The summed E-state index contributed by atoms with van der Waals surface area (Å²) in [5.41, 5.74) is 1.08. The van der Waals surface area contributed by atoms with Crippen molar-refractivity contribution < 1.29 is 18.7 Å². The van der Waals surface area contributed by atoms with Gasteiger partial charge in [0, 0.05) is 13.1 Å². The molecule has 0 fully saturated rings. The number of halogens is 1. The zero-order valence-electron chi connectivity index (χ0n) is 17.2. The van der Waals surface area contributed by atoms with Crippen LogP contribution in [0.1, 0.15) is 26.3 Å². The number of carbonyl (C=O) groups excluding carboxylic acids is 2. The molecular formula is C23H29FN2O3. The third-order valence-electron chi connectivity index (χ3n) is 4.51. The second-order valence-electron chi connectivity index (χ2n) is 7.38. The predicted octanol–water partition coefficient (Wildman–Crippen LogP) is 3.44. The van der Waals surface area contributed by atoms with Gasteiger partial charge in [0.25, 0.3) is 5.91 Å². The molecule has 0 radical (unpaired) electrons. The van der Waals surface area contributed by atoms with Crippen molar-refractivity contribution >= 4 is 11.8 Å². The SMILES string of the molecule is CC(C)CNC(=O)[C@H](C)N(CCc1ccccc1)C(=O)COc1ccc(F)cc1. The molecule has 0 bridgehead atoms. The van der Waals surface area contributed by atoms with Crippen molar-refractivity contribution in [2.45, 2.75) is 33.2 Å². The highest BCUT2D eigenvalue weighted by Crippen LogP contribution is 2.12. The van der Waals surface area contributed by atoms with E-state index >= 15 is 0 Å². The molecular weight excluding hydrogens is 371 g/mol. The quantitative estimate of drug-likeness (QED) is 0.665. The fourth-order valence-electron chi connectivity index (χ4n) is 2.78. The number of nitrogens with zero attached hydrogens (tertiary/aromatic N) is 1. The van der Waals surface area contributed by atoms with Gasteiger partial charge in [-0.05, 0) is 49.1 Å². The van der Waals surface area contributed by atoms with E-state index in [9.17, 15) is 14.0 Å². The Balaban J connectivity index is 2.03. The van der Waals surface area contributed by atoms with Crippen molar-refractivity contribution in [2.24, 2.45) is 5.92 Å². The molecule has 29 heavy (non-hydrogen) atoms. The van der Waals surface area contributed by atoms with Gasteiger partial charge >= 0.3 is 0 Å². The molecule has 2 amide bonds. The van der Waals surface area contributed by atoms with Crippen LogP contribution in [0.4, 0.5) is 4.39 Å². The minimum Gasteiger partial charge on any atom is -0.484 e. The van der Waals surface area contributed by atoms with Gasteiger partial charge in [-0.2, -0.15) is 0 Å². The lowest BCUT2D eigenvalue weighted by Crippen LogP contribution is -2.50. The Morgan fingerprint density at radius 1 is 1.03 bits per heavy atom. The second-order valence-corrected chi connectivity index (χ2v) is 7.38. The van der Waals surface area contributed by atoms with Crippen molar-refractivity contribution in [3.05, 3.63) is 66.0 Å². The molecule has 0 heterocycles. The Morgan fingerprint density at radius 3 is 2.31 bits per heavy atom. The maximum absolute atomic E-state index is 13.0. The van der Waals surface area contributed by atoms with Crippen molar-refractivity contribution in [3.8, 4) is 5.75 Å². The normalized spacial score (nSPS) is 11.8. The summed E-state index contributed by atoms with van der Waals surface area (Å²) >= 11 is 0. The average Bonchev–Trinajstić information content (AvgIpc) is 2.72. The highest BCUT2D eigenvalue weighted by molar-refractivity contribution is 5.88. The summed E-state index contributed by atoms with van der Waals surface area (Å²) in [4.78, 5) is 26.9. The molecule has 5 nitrogen and oxygen atoms in total. The fourth-order valence-corrected chi connectivity index (χ4v) is 2.78. The van der Waals surface area contributed by atoms with Gasteiger partial charge in [-0.25, -0.2) is 4.39 Å². The minimum atomic E-state index is -0.623. The molecule has 0 aromatic heterocycles. The monoisotopic (exact) mass is 400 g/mol. The highest BCUT2D eigenvalue weighted by Gasteiger charge is 2.26. The second kappa shape index (κ2) is 11.2. The highest BCUT2D eigenvalue weighted by atomic mass is 19.1. The Bertz CT molecular complexity index is 778. The van der Waals surface area contributed by atoms with E-state index in [2.05, 4.69) is 5.32 Å². The van der Waals surface area contributed by atoms with E-state index < -0.39 is 6.04 Å². The molecule has 156 valence electrons. The van der Waals surface area contributed by atoms with Crippen molar-refractivity contribution in [2.75, 3.05) is 19.7 Å². The van der Waals surface area contributed by atoms with E-state index in [1.165, 1.54) is 29.2 Å². The van der Waals surface area contributed by atoms with Gasteiger partial charge in [-0.3, -0.25) is 9.59 Å². The first-order valence-electron chi connectivity index (χ1n) is 9.86. The number of nitrogens with one attached hydrogen (secondary N) is 1. The summed E-state index contributed by atoms with van der Waals surface area (Å²) in [6.07, 6.45) is 0.630. The van der Waals surface area contributed by atoms with Crippen LogP contribution in [0.25, 0.3) is 0 Å². The van der Waals surface area contributed by atoms with Gasteiger partial charge < -0.3 is 15.0 Å². The van der Waals surface area contributed by atoms with Crippen LogP contribution in [0.2, 0.25) is 0 Å².